The monoisotopic (exact) mass is 311 g/mol. The zero-order valence-corrected chi connectivity index (χ0v) is 12.7. The molecule has 0 aromatic heterocycles. The van der Waals surface area contributed by atoms with Crippen molar-refractivity contribution in [1.29, 1.82) is 0 Å². The lowest BCUT2D eigenvalue weighted by molar-refractivity contribution is 0.104. The van der Waals surface area contributed by atoms with E-state index in [0.717, 1.165) is 18.8 Å². The summed E-state index contributed by atoms with van der Waals surface area (Å²) in [6.45, 7) is 3.04. The molecule has 0 radical (unpaired) electrons. The number of allylic oxidation sites excluding steroid dienone is 1. The first kappa shape index (κ1) is 15.4. The Balaban J connectivity index is 1.76. The fourth-order valence-electron chi connectivity index (χ4n) is 2.55. The number of halogens is 1. The molecule has 1 fully saturated rings. The molecular formula is C19H18FNO2. The van der Waals surface area contributed by atoms with Gasteiger partial charge in [-0.15, -0.1) is 0 Å². The van der Waals surface area contributed by atoms with Crippen LogP contribution in [0, 0.1) is 5.82 Å². The summed E-state index contributed by atoms with van der Waals surface area (Å²) in [6, 6.07) is 13.9. The van der Waals surface area contributed by atoms with Crippen LogP contribution in [0.2, 0.25) is 0 Å². The quantitative estimate of drug-likeness (QED) is 0.639. The van der Waals surface area contributed by atoms with E-state index in [2.05, 4.69) is 4.90 Å². The Morgan fingerprint density at radius 3 is 2.65 bits per heavy atom. The van der Waals surface area contributed by atoms with E-state index in [1.807, 2.05) is 18.2 Å². The molecule has 0 unspecified atom stereocenters. The maximum Gasteiger partial charge on any atom is 0.185 e. The van der Waals surface area contributed by atoms with E-state index in [-0.39, 0.29) is 11.6 Å². The van der Waals surface area contributed by atoms with E-state index in [1.165, 1.54) is 18.2 Å². The number of hydrogen-bond acceptors (Lipinski definition) is 3. The van der Waals surface area contributed by atoms with Gasteiger partial charge in [-0.3, -0.25) is 4.79 Å². The van der Waals surface area contributed by atoms with Gasteiger partial charge in [-0.25, -0.2) is 4.39 Å². The van der Waals surface area contributed by atoms with Crippen molar-refractivity contribution < 1.29 is 13.9 Å². The molecule has 4 heteroatoms. The van der Waals surface area contributed by atoms with Crippen molar-refractivity contribution in [2.24, 2.45) is 0 Å². The second kappa shape index (κ2) is 7.20. The third-order valence-corrected chi connectivity index (χ3v) is 3.83. The van der Waals surface area contributed by atoms with E-state index < -0.39 is 0 Å². The zero-order valence-electron chi connectivity index (χ0n) is 12.7. The third kappa shape index (κ3) is 3.85. The highest BCUT2D eigenvalue weighted by Gasteiger charge is 2.12. The van der Waals surface area contributed by atoms with E-state index in [4.69, 9.17) is 4.74 Å². The smallest absolute Gasteiger partial charge is 0.185 e. The van der Waals surface area contributed by atoms with E-state index in [1.54, 1.807) is 24.3 Å². The van der Waals surface area contributed by atoms with Gasteiger partial charge in [0.1, 0.15) is 5.82 Å². The predicted molar refractivity (Wildman–Crippen MR) is 89.2 cm³/mol. The zero-order chi connectivity index (χ0) is 16.1. The van der Waals surface area contributed by atoms with Gasteiger partial charge in [0, 0.05) is 29.9 Å². The van der Waals surface area contributed by atoms with Crippen LogP contribution in [0.15, 0.2) is 54.6 Å². The molecule has 0 N–H and O–H groups in total. The highest BCUT2D eigenvalue weighted by Crippen LogP contribution is 2.18. The number of ether oxygens (including phenoxy) is 1. The molecule has 1 saturated heterocycles. The van der Waals surface area contributed by atoms with Gasteiger partial charge >= 0.3 is 0 Å². The second-order valence-electron chi connectivity index (χ2n) is 5.37. The number of carbonyl (C=O) groups excluding carboxylic acids is 1. The molecule has 2 aromatic carbocycles. The van der Waals surface area contributed by atoms with Crippen LogP contribution in [0.3, 0.4) is 0 Å². The van der Waals surface area contributed by atoms with Crippen molar-refractivity contribution in [2.75, 3.05) is 31.2 Å². The SMILES string of the molecule is O=C(/C=C/c1ccccc1F)c1cccc(N2CCOCC2)c1. The first-order valence-corrected chi connectivity index (χ1v) is 7.64. The lowest BCUT2D eigenvalue weighted by Gasteiger charge is -2.29. The second-order valence-corrected chi connectivity index (χ2v) is 5.37. The normalized spacial score (nSPS) is 15.1. The summed E-state index contributed by atoms with van der Waals surface area (Å²) in [5.74, 6) is -0.470. The highest BCUT2D eigenvalue weighted by molar-refractivity contribution is 6.07. The highest BCUT2D eigenvalue weighted by atomic mass is 19.1. The summed E-state index contributed by atoms with van der Waals surface area (Å²) >= 11 is 0. The van der Waals surface area contributed by atoms with Crippen LogP contribution in [0.25, 0.3) is 6.08 Å². The molecule has 3 nitrogen and oxygen atoms in total. The van der Waals surface area contributed by atoms with Crippen LogP contribution in [-0.4, -0.2) is 32.1 Å². The van der Waals surface area contributed by atoms with Crippen LogP contribution in [0.5, 0.6) is 0 Å². The molecule has 2 aromatic rings. The van der Waals surface area contributed by atoms with Crippen LogP contribution >= 0.6 is 0 Å². The van der Waals surface area contributed by atoms with Gasteiger partial charge in [-0.2, -0.15) is 0 Å². The minimum atomic E-state index is -0.335. The van der Waals surface area contributed by atoms with Crippen LogP contribution in [0.1, 0.15) is 15.9 Å². The first-order valence-electron chi connectivity index (χ1n) is 7.64. The Labute approximate surface area is 135 Å². The summed E-state index contributed by atoms with van der Waals surface area (Å²) in [7, 11) is 0. The molecule has 1 aliphatic heterocycles. The Morgan fingerprint density at radius 1 is 1.09 bits per heavy atom. The molecule has 23 heavy (non-hydrogen) atoms. The summed E-state index contributed by atoms with van der Waals surface area (Å²) in [4.78, 5) is 14.5. The molecule has 1 heterocycles. The average Bonchev–Trinajstić information content (AvgIpc) is 2.62. The molecule has 1 aliphatic rings. The minimum Gasteiger partial charge on any atom is -0.378 e. The minimum absolute atomic E-state index is 0.136. The number of benzene rings is 2. The van der Waals surface area contributed by atoms with Gasteiger partial charge in [-0.05, 0) is 30.4 Å². The summed E-state index contributed by atoms with van der Waals surface area (Å²) in [5, 5.41) is 0. The molecule has 0 bridgehead atoms. The summed E-state index contributed by atoms with van der Waals surface area (Å²) in [6.07, 6.45) is 2.93. The van der Waals surface area contributed by atoms with Crippen molar-refractivity contribution in [1.82, 2.24) is 0 Å². The number of anilines is 1. The van der Waals surface area contributed by atoms with Crippen molar-refractivity contribution in [3.8, 4) is 0 Å². The molecule has 118 valence electrons. The fraction of sp³-hybridized carbons (Fsp3) is 0.211. The Hall–Kier alpha value is -2.46. The Bertz CT molecular complexity index is 721. The summed E-state index contributed by atoms with van der Waals surface area (Å²) in [5.41, 5.74) is 2.02. The van der Waals surface area contributed by atoms with Gasteiger partial charge in [-0.1, -0.05) is 30.3 Å². The Kier molecular flexibility index (Phi) is 4.83. The van der Waals surface area contributed by atoms with Gasteiger partial charge in [0.15, 0.2) is 5.78 Å². The van der Waals surface area contributed by atoms with Gasteiger partial charge in [0.25, 0.3) is 0 Å². The van der Waals surface area contributed by atoms with Crippen LogP contribution < -0.4 is 4.90 Å². The maximum absolute atomic E-state index is 13.6. The molecule has 0 atom stereocenters. The topological polar surface area (TPSA) is 29.5 Å². The van der Waals surface area contributed by atoms with Crippen molar-refractivity contribution in [3.63, 3.8) is 0 Å². The largest absolute Gasteiger partial charge is 0.378 e. The van der Waals surface area contributed by atoms with Crippen molar-refractivity contribution in [3.05, 3.63) is 71.6 Å². The number of morpholine rings is 1. The number of rotatable bonds is 4. The van der Waals surface area contributed by atoms with Crippen molar-refractivity contribution in [2.45, 2.75) is 0 Å². The summed E-state index contributed by atoms with van der Waals surface area (Å²) < 4.78 is 18.9. The van der Waals surface area contributed by atoms with Crippen LogP contribution in [0.4, 0.5) is 10.1 Å². The maximum atomic E-state index is 13.6. The first-order chi connectivity index (χ1) is 11.2. The average molecular weight is 311 g/mol. The van der Waals surface area contributed by atoms with Gasteiger partial charge in [0.2, 0.25) is 0 Å². The third-order valence-electron chi connectivity index (χ3n) is 3.83. The lowest BCUT2D eigenvalue weighted by atomic mass is 10.1. The molecule has 0 aliphatic carbocycles. The number of nitrogens with zero attached hydrogens (tertiary/aromatic N) is 1. The molecule has 0 amide bonds. The Morgan fingerprint density at radius 2 is 1.87 bits per heavy atom. The van der Waals surface area contributed by atoms with E-state index in [9.17, 15) is 9.18 Å². The number of carbonyl (C=O) groups is 1. The van der Waals surface area contributed by atoms with Gasteiger partial charge in [0.05, 0.1) is 13.2 Å². The number of ketones is 1. The van der Waals surface area contributed by atoms with Crippen molar-refractivity contribution >= 4 is 17.5 Å². The molecule has 3 rings (SSSR count). The predicted octanol–water partition coefficient (Wildman–Crippen LogP) is 3.56. The fourth-order valence-corrected chi connectivity index (χ4v) is 2.55. The molecule has 0 spiro atoms. The molecule has 0 saturated carbocycles. The standard InChI is InChI=1S/C19H18FNO2/c20-18-7-2-1-4-15(18)8-9-19(22)16-5-3-6-17(14-16)21-10-12-23-13-11-21/h1-9,14H,10-13H2/b9-8+. The van der Waals surface area contributed by atoms with Crippen LogP contribution in [-0.2, 0) is 4.74 Å². The van der Waals surface area contributed by atoms with E-state index in [0.29, 0.717) is 24.3 Å². The van der Waals surface area contributed by atoms with E-state index >= 15 is 0 Å². The molecular weight excluding hydrogens is 293 g/mol. The lowest BCUT2D eigenvalue weighted by Crippen LogP contribution is -2.36. The van der Waals surface area contributed by atoms with Gasteiger partial charge < -0.3 is 9.64 Å². The number of hydrogen-bond donors (Lipinski definition) is 0.